The summed E-state index contributed by atoms with van der Waals surface area (Å²) in [5, 5.41) is 13.6. The molecule has 0 fully saturated rings. The topological polar surface area (TPSA) is 62.7 Å². The highest BCUT2D eigenvalue weighted by atomic mass is 19.1. The summed E-state index contributed by atoms with van der Waals surface area (Å²) in [6, 6.07) is 24.4. The van der Waals surface area contributed by atoms with Crippen LogP contribution in [0.15, 0.2) is 83.4 Å². The molecule has 0 aliphatic rings. The van der Waals surface area contributed by atoms with Crippen LogP contribution in [-0.4, -0.2) is 10.1 Å². The summed E-state index contributed by atoms with van der Waals surface area (Å²) in [4.78, 5) is 4.41. The van der Waals surface area contributed by atoms with Crippen LogP contribution in [-0.2, 0) is 0 Å². The molecule has 4 rings (SSSR count). The molecule has 0 aliphatic heterocycles. The Labute approximate surface area is 171 Å². The van der Waals surface area contributed by atoms with Crippen LogP contribution >= 0.6 is 0 Å². The van der Waals surface area contributed by atoms with Gasteiger partial charge in [-0.1, -0.05) is 65.8 Å². The number of hydrogen-bond donors (Lipinski definition) is 0. The fourth-order valence-corrected chi connectivity index (χ4v) is 3.16. The maximum atomic E-state index is 14.0. The van der Waals surface area contributed by atoms with Gasteiger partial charge in [0.25, 0.3) is 5.89 Å². The van der Waals surface area contributed by atoms with E-state index in [9.17, 15) is 14.0 Å². The second-order valence-electron chi connectivity index (χ2n) is 6.55. The predicted octanol–water partition coefficient (Wildman–Crippen LogP) is 5.59. The van der Waals surface area contributed by atoms with Gasteiger partial charge >= 0.3 is 0 Å². The second kappa shape index (κ2) is 8.50. The van der Waals surface area contributed by atoms with E-state index in [1.54, 1.807) is 0 Å². The van der Waals surface area contributed by atoms with Gasteiger partial charge in [-0.15, -0.1) is 0 Å². The van der Waals surface area contributed by atoms with Crippen molar-refractivity contribution in [1.29, 1.82) is 5.26 Å². The minimum Gasteiger partial charge on any atom is -0.333 e. The molecule has 4 nitrogen and oxygen atoms in total. The van der Waals surface area contributed by atoms with E-state index in [-0.39, 0.29) is 22.9 Å². The fraction of sp³-hybridized carbons (Fsp3) is 0.0417. The molecule has 0 atom stereocenters. The molecule has 0 unspecified atom stereocenters. The summed E-state index contributed by atoms with van der Waals surface area (Å²) >= 11 is 0. The minimum atomic E-state index is -0.783. The lowest BCUT2D eigenvalue weighted by Gasteiger charge is -2.14. The molecule has 0 spiro atoms. The molecular weight excluding hydrogens is 384 g/mol. The van der Waals surface area contributed by atoms with E-state index in [1.165, 1.54) is 12.1 Å². The number of nitrogens with zero attached hydrogens (tertiary/aromatic N) is 3. The Morgan fingerprint density at radius 2 is 1.57 bits per heavy atom. The number of nitriles is 1. The van der Waals surface area contributed by atoms with E-state index in [1.807, 2.05) is 66.7 Å². The van der Waals surface area contributed by atoms with E-state index in [2.05, 4.69) is 10.1 Å². The Kier molecular flexibility index (Phi) is 5.44. The maximum absolute atomic E-state index is 14.0. The lowest BCUT2D eigenvalue weighted by Crippen LogP contribution is -2.05. The number of aromatic nitrogens is 2. The number of halogens is 2. The van der Waals surface area contributed by atoms with Crippen LogP contribution in [0, 0.1) is 23.0 Å². The van der Waals surface area contributed by atoms with Crippen molar-refractivity contribution in [3.63, 3.8) is 0 Å². The zero-order valence-electron chi connectivity index (χ0n) is 15.7. The average Bonchev–Trinajstić information content (AvgIpc) is 3.24. The number of allylic oxidation sites excluding steroid dienone is 1. The SMILES string of the molecule is N#C/C(=C\c1ccc(F)cc1F)c1nc(C(c2ccccc2)c2ccccc2)no1. The molecule has 0 radical (unpaired) electrons. The van der Waals surface area contributed by atoms with Crippen LogP contribution in [0.2, 0.25) is 0 Å². The first-order valence-electron chi connectivity index (χ1n) is 9.16. The smallest absolute Gasteiger partial charge is 0.268 e. The van der Waals surface area contributed by atoms with Gasteiger partial charge in [0, 0.05) is 11.6 Å². The summed E-state index contributed by atoms with van der Waals surface area (Å²) in [7, 11) is 0. The summed E-state index contributed by atoms with van der Waals surface area (Å²) in [5.41, 5.74) is 1.96. The molecule has 6 heteroatoms. The van der Waals surface area contributed by atoms with Crippen LogP contribution in [0.4, 0.5) is 8.78 Å². The Bertz CT molecular complexity index is 1190. The van der Waals surface area contributed by atoms with Crippen molar-refractivity contribution in [2.45, 2.75) is 5.92 Å². The average molecular weight is 399 g/mol. The molecule has 0 bridgehead atoms. The third kappa shape index (κ3) is 4.01. The van der Waals surface area contributed by atoms with Crippen LogP contribution in [0.25, 0.3) is 11.6 Å². The summed E-state index contributed by atoms with van der Waals surface area (Å²) in [5.74, 6) is -1.44. The van der Waals surface area contributed by atoms with Gasteiger partial charge in [0.1, 0.15) is 23.3 Å². The molecule has 1 aromatic heterocycles. The number of benzene rings is 3. The molecule has 0 N–H and O–H groups in total. The van der Waals surface area contributed by atoms with Crippen LogP contribution in [0.5, 0.6) is 0 Å². The first kappa shape index (κ1) is 19.2. The molecule has 0 aliphatic carbocycles. The lowest BCUT2D eigenvalue weighted by molar-refractivity contribution is 0.400. The Morgan fingerprint density at radius 1 is 0.933 bits per heavy atom. The maximum Gasteiger partial charge on any atom is 0.268 e. The minimum absolute atomic E-state index is 0.0147. The summed E-state index contributed by atoms with van der Waals surface area (Å²) < 4.78 is 32.4. The lowest BCUT2D eigenvalue weighted by atomic mass is 9.91. The normalized spacial score (nSPS) is 11.5. The van der Waals surface area contributed by atoms with Crippen molar-refractivity contribution in [3.8, 4) is 6.07 Å². The van der Waals surface area contributed by atoms with Gasteiger partial charge in [0.2, 0.25) is 0 Å². The molecule has 3 aromatic carbocycles. The highest BCUT2D eigenvalue weighted by Gasteiger charge is 2.23. The fourth-order valence-electron chi connectivity index (χ4n) is 3.16. The van der Waals surface area contributed by atoms with Crippen molar-refractivity contribution in [3.05, 3.63) is 119 Å². The Balaban J connectivity index is 1.75. The van der Waals surface area contributed by atoms with Gasteiger partial charge in [-0.05, 0) is 29.3 Å². The van der Waals surface area contributed by atoms with Gasteiger partial charge in [-0.2, -0.15) is 10.2 Å². The molecule has 30 heavy (non-hydrogen) atoms. The Morgan fingerprint density at radius 3 is 2.13 bits per heavy atom. The third-order valence-corrected chi connectivity index (χ3v) is 4.58. The van der Waals surface area contributed by atoms with Gasteiger partial charge in [-0.3, -0.25) is 0 Å². The summed E-state index contributed by atoms with van der Waals surface area (Å²) in [6.07, 6.45) is 1.26. The Hall–Kier alpha value is -4.11. The van der Waals surface area contributed by atoms with E-state index >= 15 is 0 Å². The summed E-state index contributed by atoms with van der Waals surface area (Å²) in [6.45, 7) is 0. The predicted molar refractivity (Wildman–Crippen MR) is 108 cm³/mol. The first-order chi connectivity index (χ1) is 14.7. The van der Waals surface area contributed by atoms with Gasteiger partial charge in [0.05, 0.1) is 5.92 Å². The van der Waals surface area contributed by atoms with Gasteiger partial charge < -0.3 is 4.52 Å². The molecule has 0 amide bonds. The molecule has 4 aromatic rings. The van der Waals surface area contributed by atoms with E-state index in [0.29, 0.717) is 5.82 Å². The quantitative estimate of drug-likeness (QED) is 0.410. The largest absolute Gasteiger partial charge is 0.333 e. The number of rotatable bonds is 5. The van der Waals surface area contributed by atoms with Gasteiger partial charge in [0.15, 0.2) is 5.82 Å². The van der Waals surface area contributed by atoms with Crippen molar-refractivity contribution < 1.29 is 13.3 Å². The van der Waals surface area contributed by atoms with Gasteiger partial charge in [-0.25, -0.2) is 8.78 Å². The highest BCUT2D eigenvalue weighted by Crippen LogP contribution is 2.31. The molecule has 1 heterocycles. The van der Waals surface area contributed by atoms with Crippen LogP contribution < -0.4 is 0 Å². The zero-order chi connectivity index (χ0) is 20.9. The van der Waals surface area contributed by atoms with E-state index in [0.717, 1.165) is 23.3 Å². The van der Waals surface area contributed by atoms with Crippen molar-refractivity contribution in [2.75, 3.05) is 0 Å². The standard InChI is InChI=1S/C24H15F2N3O/c25-20-12-11-18(21(26)14-20)13-19(15-27)24-28-23(29-30-24)22(16-7-3-1-4-8-16)17-9-5-2-6-10-17/h1-14,22H/b19-13+. The molecule has 146 valence electrons. The van der Waals surface area contributed by atoms with Crippen molar-refractivity contribution in [1.82, 2.24) is 10.1 Å². The first-order valence-corrected chi connectivity index (χ1v) is 9.16. The van der Waals surface area contributed by atoms with Crippen molar-refractivity contribution >= 4 is 11.6 Å². The van der Waals surface area contributed by atoms with E-state index in [4.69, 9.17) is 4.52 Å². The molecule has 0 saturated carbocycles. The number of hydrogen-bond acceptors (Lipinski definition) is 4. The van der Waals surface area contributed by atoms with E-state index < -0.39 is 11.6 Å². The monoisotopic (exact) mass is 399 g/mol. The second-order valence-corrected chi connectivity index (χ2v) is 6.55. The highest BCUT2D eigenvalue weighted by molar-refractivity contribution is 5.86. The van der Waals surface area contributed by atoms with Crippen LogP contribution in [0.3, 0.4) is 0 Å². The zero-order valence-corrected chi connectivity index (χ0v) is 15.7. The molecule has 0 saturated heterocycles. The van der Waals surface area contributed by atoms with Crippen molar-refractivity contribution in [2.24, 2.45) is 0 Å². The molecular formula is C24H15F2N3O. The van der Waals surface area contributed by atoms with Crippen LogP contribution in [0.1, 0.15) is 34.3 Å². The third-order valence-electron chi connectivity index (χ3n) is 4.58.